The largest absolute Gasteiger partial charge is 0.411 e. The van der Waals surface area contributed by atoms with Gasteiger partial charge in [-0.2, -0.15) is 0 Å². The Kier molecular flexibility index (Phi) is 2.65. The number of hydrogen-bond acceptors (Lipinski definition) is 3. The maximum absolute atomic E-state index is 8.58. The second-order valence-electron chi connectivity index (χ2n) is 2.39. The Morgan fingerprint density at radius 2 is 2.45 bits per heavy atom. The predicted octanol–water partition coefficient (Wildman–Crippen LogP) is 2.64. The quantitative estimate of drug-likeness (QED) is 0.412. The summed E-state index contributed by atoms with van der Waals surface area (Å²) in [5.41, 5.74) is 1.99. The van der Waals surface area contributed by atoms with Gasteiger partial charge in [-0.3, -0.25) is 0 Å². The number of thiophene rings is 1. The number of rotatable bonds is 2. The van der Waals surface area contributed by atoms with E-state index in [0.717, 1.165) is 17.0 Å². The van der Waals surface area contributed by atoms with Crippen molar-refractivity contribution in [3.8, 4) is 0 Å². The lowest BCUT2D eigenvalue weighted by Crippen LogP contribution is -1.94. The zero-order valence-corrected chi connectivity index (χ0v) is 7.48. The summed E-state index contributed by atoms with van der Waals surface area (Å²) in [5, 5.41) is 13.9. The lowest BCUT2D eigenvalue weighted by Gasteiger charge is -1.93. The minimum Gasteiger partial charge on any atom is -0.411 e. The Hall–Kier alpha value is -0.830. The molecule has 3 heteroatoms. The van der Waals surface area contributed by atoms with Gasteiger partial charge in [0.1, 0.15) is 0 Å². The number of oxime groups is 1. The van der Waals surface area contributed by atoms with Crippen LogP contribution in [0.1, 0.15) is 23.8 Å². The van der Waals surface area contributed by atoms with Gasteiger partial charge in [-0.15, -0.1) is 11.3 Å². The van der Waals surface area contributed by atoms with Crippen LogP contribution in [0.4, 0.5) is 0 Å². The number of aryl methyl sites for hydroxylation is 1. The Morgan fingerprint density at radius 1 is 1.73 bits per heavy atom. The van der Waals surface area contributed by atoms with Crippen molar-refractivity contribution in [1.82, 2.24) is 0 Å². The van der Waals surface area contributed by atoms with E-state index in [1.165, 1.54) is 5.56 Å². The minimum absolute atomic E-state index is 0.767. The molecular weight excluding hydrogens is 158 g/mol. The highest BCUT2D eigenvalue weighted by molar-refractivity contribution is 7.12. The Balaban J connectivity index is 2.91. The van der Waals surface area contributed by atoms with Crippen LogP contribution in [0.2, 0.25) is 0 Å². The first kappa shape index (κ1) is 8.27. The molecule has 0 fully saturated rings. The molecule has 0 atom stereocenters. The van der Waals surface area contributed by atoms with Crippen LogP contribution in [0.5, 0.6) is 0 Å². The van der Waals surface area contributed by atoms with E-state index in [-0.39, 0.29) is 0 Å². The summed E-state index contributed by atoms with van der Waals surface area (Å²) >= 11 is 1.62. The van der Waals surface area contributed by atoms with Gasteiger partial charge in [0, 0.05) is 0 Å². The number of hydrogen-bond donors (Lipinski definition) is 1. The highest BCUT2D eigenvalue weighted by Crippen LogP contribution is 2.15. The highest BCUT2D eigenvalue weighted by atomic mass is 32.1. The molecule has 0 bridgehead atoms. The lowest BCUT2D eigenvalue weighted by molar-refractivity contribution is 0.318. The van der Waals surface area contributed by atoms with E-state index in [0.29, 0.717) is 0 Å². The summed E-state index contributed by atoms with van der Waals surface area (Å²) in [4.78, 5) is 1.06. The molecule has 0 radical (unpaired) electrons. The molecule has 0 saturated carbocycles. The Morgan fingerprint density at radius 3 is 2.82 bits per heavy atom. The van der Waals surface area contributed by atoms with E-state index < -0.39 is 0 Å². The molecule has 0 saturated heterocycles. The van der Waals surface area contributed by atoms with Crippen LogP contribution in [0.3, 0.4) is 0 Å². The highest BCUT2D eigenvalue weighted by Gasteiger charge is 2.02. The number of nitrogens with zero attached hydrogens (tertiary/aromatic N) is 1. The van der Waals surface area contributed by atoms with E-state index >= 15 is 0 Å². The van der Waals surface area contributed by atoms with Crippen LogP contribution in [0, 0.1) is 6.92 Å². The van der Waals surface area contributed by atoms with Gasteiger partial charge >= 0.3 is 0 Å². The normalized spacial score (nSPS) is 12.0. The van der Waals surface area contributed by atoms with E-state index in [1.807, 2.05) is 19.9 Å². The van der Waals surface area contributed by atoms with Crippen molar-refractivity contribution in [2.45, 2.75) is 20.3 Å². The van der Waals surface area contributed by atoms with Gasteiger partial charge in [-0.25, -0.2) is 0 Å². The first-order valence-electron chi connectivity index (χ1n) is 3.54. The zero-order chi connectivity index (χ0) is 8.27. The molecule has 0 spiro atoms. The summed E-state index contributed by atoms with van der Waals surface area (Å²) < 4.78 is 0. The molecule has 1 heterocycles. The molecular formula is C8H11NOS. The van der Waals surface area contributed by atoms with E-state index in [4.69, 9.17) is 5.21 Å². The standard InChI is InChI=1S/C8H11NOS/c1-3-7(9-10)8-4-6(2)5-11-8/h4-5,10H,3H2,1-2H3/b9-7+. The van der Waals surface area contributed by atoms with Crippen molar-refractivity contribution in [1.29, 1.82) is 0 Å². The molecule has 1 aromatic heterocycles. The van der Waals surface area contributed by atoms with Crippen molar-refractivity contribution in [2.75, 3.05) is 0 Å². The summed E-state index contributed by atoms with van der Waals surface area (Å²) in [6.07, 6.45) is 0.774. The van der Waals surface area contributed by atoms with Crippen molar-refractivity contribution >= 4 is 17.0 Å². The molecule has 1 rings (SSSR count). The van der Waals surface area contributed by atoms with Gasteiger partial charge in [0.15, 0.2) is 0 Å². The molecule has 0 amide bonds. The second-order valence-corrected chi connectivity index (χ2v) is 3.30. The first-order chi connectivity index (χ1) is 5.27. The van der Waals surface area contributed by atoms with Crippen molar-refractivity contribution < 1.29 is 5.21 Å². The van der Waals surface area contributed by atoms with Crippen LogP contribution < -0.4 is 0 Å². The zero-order valence-electron chi connectivity index (χ0n) is 6.66. The predicted molar refractivity (Wildman–Crippen MR) is 47.7 cm³/mol. The molecule has 11 heavy (non-hydrogen) atoms. The molecule has 60 valence electrons. The van der Waals surface area contributed by atoms with Gasteiger partial charge in [0.25, 0.3) is 0 Å². The van der Waals surface area contributed by atoms with E-state index in [1.54, 1.807) is 11.3 Å². The molecule has 1 N–H and O–H groups in total. The monoisotopic (exact) mass is 169 g/mol. The van der Waals surface area contributed by atoms with Crippen LogP contribution in [0.15, 0.2) is 16.6 Å². The molecule has 0 aliphatic rings. The fourth-order valence-electron chi connectivity index (χ4n) is 0.877. The van der Waals surface area contributed by atoms with Crippen LogP contribution >= 0.6 is 11.3 Å². The van der Waals surface area contributed by atoms with Gasteiger partial charge in [-0.05, 0) is 30.4 Å². The molecule has 0 aliphatic heterocycles. The molecule has 2 nitrogen and oxygen atoms in total. The summed E-state index contributed by atoms with van der Waals surface area (Å²) in [6, 6.07) is 2.03. The fraction of sp³-hybridized carbons (Fsp3) is 0.375. The topological polar surface area (TPSA) is 32.6 Å². The Labute approximate surface area is 70.2 Å². The molecule has 0 unspecified atom stereocenters. The second kappa shape index (κ2) is 3.53. The van der Waals surface area contributed by atoms with Gasteiger partial charge in [0.2, 0.25) is 0 Å². The first-order valence-corrected chi connectivity index (χ1v) is 4.42. The van der Waals surface area contributed by atoms with E-state index in [2.05, 4.69) is 10.5 Å². The average Bonchev–Trinajstić information content (AvgIpc) is 2.39. The molecule has 1 aromatic rings. The Bertz CT molecular complexity index is 265. The van der Waals surface area contributed by atoms with Crippen molar-refractivity contribution in [2.24, 2.45) is 5.16 Å². The SMILES string of the molecule is CC/C(=N\O)c1cc(C)cs1. The third kappa shape index (κ3) is 1.80. The fourth-order valence-corrected chi connectivity index (χ4v) is 1.83. The minimum atomic E-state index is 0.767. The maximum atomic E-state index is 8.58. The maximum Gasteiger partial charge on any atom is 0.0964 e. The molecule has 0 aromatic carbocycles. The van der Waals surface area contributed by atoms with Crippen molar-refractivity contribution in [3.63, 3.8) is 0 Å². The van der Waals surface area contributed by atoms with Crippen LogP contribution in [-0.2, 0) is 0 Å². The summed E-state index contributed by atoms with van der Waals surface area (Å²) in [6.45, 7) is 4.01. The van der Waals surface area contributed by atoms with Crippen molar-refractivity contribution in [3.05, 3.63) is 21.9 Å². The summed E-state index contributed by atoms with van der Waals surface area (Å²) in [7, 11) is 0. The van der Waals surface area contributed by atoms with Crippen LogP contribution in [-0.4, -0.2) is 10.9 Å². The third-order valence-electron chi connectivity index (χ3n) is 1.47. The third-order valence-corrected chi connectivity index (χ3v) is 2.57. The summed E-state index contributed by atoms with van der Waals surface area (Å²) in [5.74, 6) is 0. The van der Waals surface area contributed by atoms with Gasteiger partial charge in [-0.1, -0.05) is 12.1 Å². The van der Waals surface area contributed by atoms with Gasteiger partial charge in [0.05, 0.1) is 10.6 Å². The smallest absolute Gasteiger partial charge is 0.0964 e. The average molecular weight is 169 g/mol. The lowest BCUT2D eigenvalue weighted by atomic mass is 10.2. The van der Waals surface area contributed by atoms with E-state index in [9.17, 15) is 0 Å². The molecule has 0 aliphatic carbocycles. The van der Waals surface area contributed by atoms with Crippen LogP contribution in [0.25, 0.3) is 0 Å². The van der Waals surface area contributed by atoms with Gasteiger partial charge < -0.3 is 5.21 Å².